The Morgan fingerprint density at radius 3 is 2.16 bits per heavy atom. The van der Waals surface area contributed by atoms with Crippen molar-refractivity contribution >= 4 is 21.8 Å². The Kier molecular flexibility index (Phi) is 4.44. The molecule has 110 valence electrons. The number of nitrogens with zero attached hydrogens (tertiary/aromatic N) is 1. The van der Waals surface area contributed by atoms with E-state index in [2.05, 4.69) is 5.32 Å². The van der Waals surface area contributed by atoms with Crippen LogP contribution in [0.2, 0.25) is 0 Å². The van der Waals surface area contributed by atoms with Crippen molar-refractivity contribution in [1.82, 2.24) is 10.2 Å². The van der Waals surface area contributed by atoms with E-state index in [0.29, 0.717) is 12.8 Å². The van der Waals surface area contributed by atoms with Gasteiger partial charge in [0.25, 0.3) is 0 Å². The predicted molar refractivity (Wildman–Crippen MR) is 69.7 cm³/mol. The highest BCUT2D eigenvalue weighted by atomic mass is 32.2. The number of carboxylic acid groups (broad SMARTS) is 1. The summed E-state index contributed by atoms with van der Waals surface area (Å²) in [6.07, 6.45) is 0.741. The lowest BCUT2D eigenvalue weighted by Gasteiger charge is -2.33. The average molecular weight is 292 g/mol. The van der Waals surface area contributed by atoms with E-state index in [1.54, 1.807) is 0 Å². The smallest absolute Gasteiger partial charge is 0.329 e. The quantitative estimate of drug-likeness (QED) is 0.766. The van der Waals surface area contributed by atoms with Gasteiger partial charge in [0, 0.05) is 13.1 Å². The number of likely N-dealkylation sites (N-methyl/N-ethyl adjacent to an activating group) is 1. The molecule has 0 aromatic rings. The van der Waals surface area contributed by atoms with Crippen LogP contribution >= 0.6 is 0 Å². The largest absolute Gasteiger partial charge is 0.480 e. The number of sulfone groups is 1. The molecule has 19 heavy (non-hydrogen) atoms. The highest BCUT2D eigenvalue weighted by Crippen LogP contribution is 2.15. The van der Waals surface area contributed by atoms with Crippen molar-refractivity contribution in [3.8, 4) is 0 Å². The molecule has 2 N–H and O–H groups in total. The van der Waals surface area contributed by atoms with E-state index in [0.717, 1.165) is 4.90 Å². The first-order valence-electron chi connectivity index (χ1n) is 6.04. The lowest BCUT2D eigenvalue weighted by Crippen LogP contribution is -2.56. The maximum atomic E-state index is 11.9. The molecule has 0 unspecified atom stereocenters. The van der Waals surface area contributed by atoms with E-state index >= 15 is 0 Å². The minimum absolute atomic E-state index is 0.0595. The van der Waals surface area contributed by atoms with Crippen LogP contribution in [0.4, 0.5) is 4.79 Å². The third-order valence-corrected chi connectivity index (χ3v) is 5.26. The van der Waals surface area contributed by atoms with E-state index < -0.39 is 27.4 Å². The number of carbonyl (C=O) groups excluding carboxylic acids is 1. The van der Waals surface area contributed by atoms with E-state index in [1.807, 2.05) is 0 Å². The van der Waals surface area contributed by atoms with Gasteiger partial charge >= 0.3 is 12.0 Å². The summed E-state index contributed by atoms with van der Waals surface area (Å²) < 4.78 is 22.5. The van der Waals surface area contributed by atoms with Gasteiger partial charge < -0.3 is 15.3 Å². The summed E-state index contributed by atoms with van der Waals surface area (Å²) in [5, 5.41) is 11.7. The fourth-order valence-electron chi connectivity index (χ4n) is 1.70. The SMILES string of the molecule is CN(C(=O)NC1CCS(=O)(=O)CC1)C(C)(C)C(=O)O. The monoisotopic (exact) mass is 292 g/mol. The van der Waals surface area contributed by atoms with Gasteiger partial charge in [-0.15, -0.1) is 0 Å². The van der Waals surface area contributed by atoms with Crippen LogP contribution in [0.15, 0.2) is 0 Å². The highest BCUT2D eigenvalue weighted by molar-refractivity contribution is 7.91. The molecule has 1 aliphatic rings. The summed E-state index contributed by atoms with van der Waals surface area (Å²) in [6, 6.07) is -0.722. The van der Waals surface area contributed by atoms with Gasteiger partial charge in [0.2, 0.25) is 0 Å². The lowest BCUT2D eigenvalue weighted by atomic mass is 10.0. The van der Waals surface area contributed by atoms with Crippen LogP contribution in [-0.4, -0.2) is 60.6 Å². The minimum atomic E-state index is -2.97. The summed E-state index contributed by atoms with van der Waals surface area (Å²) in [5.41, 5.74) is -1.31. The van der Waals surface area contributed by atoms with Gasteiger partial charge in [0.15, 0.2) is 0 Å². The second-order valence-electron chi connectivity index (χ2n) is 5.30. The molecule has 7 nitrogen and oxygen atoms in total. The van der Waals surface area contributed by atoms with Crippen molar-refractivity contribution in [2.24, 2.45) is 0 Å². The van der Waals surface area contributed by atoms with Crippen molar-refractivity contribution in [3.05, 3.63) is 0 Å². The first-order valence-corrected chi connectivity index (χ1v) is 7.86. The summed E-state index contributed by atoms with van der Waals surface area (Å²) in [6.45, 7) is 2.86. The van der Waals surface area contributed by atoms with Gasteiger partial charge in [-0.1, -0.05) is 0 Å². The molecule has 0 aliphatic carbocycles. The first-order chi connectivity index (χ1) is 8.56. The highest BCUT2D eigenvalue weighted by Gasteiger charge is 2.36. The number of carboxylic acids is 1. The third-order valence-electron chi connectivity index (χ3n) is 3.55. The van der Waals surface area contributed by atoms with Gasteiger partial charge in [0.05, 0.1) is 11.5 Å². The van der Waals surface area contributed by atoms with Crippen molar-refractivity contribution in [2.45, 2.75) is 38.3 Å². The van der Waals surface area contributed by atoms with Crippen LogP contribution in [0.25, 0.3) is 0 Å². The molecule has 0 saturated carbocycles. The molecule has 8 heteroatoms. The summed E-state index contributed by atoms with van der Waals surface area (Å²) in [4.78, 5) is 24.1. The first kappa shape index (κ1) is 15.7. The number of amides is 2. The van der Waals surface area contributed by atoms with Crippen molar-refractivity contribution in [1.29, 1.82) is 0 Å². The molecular formula is C11H20N2O5S. The topological polar surface area (TPSA) is 104 Å². The molecule has 1 saturated heterocycles. The molecule has 1 heterocycles. The average Bonchev–Trinajstić information content (AvgIpc) is 2.30. The maximum absolute atomic E-state index is 11.9. The number of carbonyl (C=O) groups is 2. The number of rotatable bonds is 3. The molecule has 0 aromatic heterocycles. The van der Waals surface area contributed by atoms with E-state index in [1.165, 1.54) is 20.9 Å². The standard InChI is InChI=1S/C11H20N2O5S/c1-11(2,9(14)15)13(3)10(16)12-8-4-6-19(17,18)7-5-8/h8H,4-7H2,1-3H3,(H,12,16)(H,14,15). The normalized spacial score (nSPS) is 19.7. The van der Waals surface area contributed by atoms with Crippen molar-refractivity contribution < 1.29 is 23.1 Å². The molecule has 2 amide bonds. The Hall–Kier alpha value is -1.31. The Balaban J connectivity index is 2.59. The Morgan fingerprint density at radius 2 is 1.74 bits per heavy atom. The molecule has 0 radical (unpaired) electrons. The Labute approximate surface area is 112 Å². The second kappa shape index (κ2) is 5.36. The number of hydrogen-bond donors (Lipinski definition) is 2. The zero-order chi connectivity index (χ0) is 14.8. The Bertz CT molecular complexity index is 457. The van der Waals surface area contributed by atoms with Crippen molar-refractivity contribution in [3.63, 3.8) is 0 Å². The van der Waals surface area contributed by atoms with Crippen LogP contribution < -0.4 is 5.32 Å². The minimum Gasteiger partial charge on any atom is -0.480 e. The van der Waals surface area contributed by atoms with E-state index in [4.69, 9.17) is 5.11 Å². The molecular weight excluding hydrogens is 272 g/mol. The number of urea groups is 1. The van der Waals surface area contributed by atoms with Crippen LogP contribution in [0, 0.1) is 0 Å². The zero-order valence-electron chi connectivity index (χ0n) is 11.3. The molecule has 0 aromatic carbocycles. The zero-order valence-corrected chi connectivity index (χ0v) is 12.2. The number of aliphatic carboxylic acids is 1. The second-order valence-corrected chi connectivity index (χ2v) is 7.60. The third kappa shape index (κ3) is 3.82. The van der Waals surface area contributed by atoms with Crippen LogP contribution in [0.1, 0.15) is 26.7 Å². The van der Waals surface area contributed by atoms with Gasteiger partial charge in [-0.2, -0.15) is 0 Å². The summed E-state index contributed by atoms with van der Waals surface area (Å²) in [7, 11) is -1.57. The summed E-state index contributed by atoms with van der Waals surface area (Å²) >= 11 is 0. The molecule has 0 spiro atoms. The maximum Gasteiger partial charge on any atom is 0.329 e. The van der Waals surface area contributed by atoms with Gasteiger partial charge in [-0.3, -0.25) is 0 Å². The Morgan fingerprint density at radius 1 is 1.26 bits per heavy atom. The predicted octanol–water partition coefficient (Wildman–Crippen LogP) is 0.0682. The molecule has 1 fully saturated rings. The lowest BCUT2D eigenvalue weighted by molar-refractivity contribution is -0.146. The van der Waals surface area contributed by atoms with Gasteiger partial charge in [-0.25, -0.2) is 18.0 Å². The van der Waals surface area contributed by atoms with Crippen LogP contribution in [0.5, 0.6) is 0 Å². The molecule has 1 aliphatic heterocycles. The van der Waals surface area contributed by atoms with Crippen LogP contribution in [-0.2, 0) is 14.6 Å². The fraction of sp³-hybridized carbons (Fsp3) is 0.818. The summed E-state index contributed by atoms with van der Waals surface area (Å²) in [5.74, 6) is -0.982. The van der Waals surface area contributed by atoms with Gasteiger partial charge in [0.1, 0.15) is 15.4 Å². The molecule has 1 rings (SSSR count). The molecule has 0 atom stereocenters. The van der Waals surface area contributed by atoms with Crippen LogP contribution in [0.3, 0.4) is 0 Å². The molecule has 0 bridgehead atoms. The van der Waals surface area contributed by atoms with Gasteiger partial charge in [-0.05, 0) is 26.7 Å². The number of hydrogen-bond acceptors (Lipinski definition) is 4. The number of nitrogens with one attached hydrogen (secondary N) is 1. The van der Waals surface area contributed by atoms with E-state index in [9.17, 15) is 18.0 Å². The van der Waals surface area contributed by atoms with E-state index in [-0.39, 0.29) is 17.5 Å². The fourth-order valence-corrected chi connectivity index (χ4v) is 3.19. The van der Waals surface area contributed by atoms with Crippen molar-refractivity contribution in [2.75, 3.05) is 18.6 Å².